The normalized spacial score (nSPS) is 16.1. The summed E-state index contributed by atoms with van der Waals surface area (Å²) in [5, 5.41) is 14.1. The lowest BCUT2D eigenvalue weighted by molar-refractivity contribution is -0.384. The molecule has 0 unspecified atom stereocenters. The number of hydrogen-bond donors (Lipinski definition) is 1. The lowest BCUT2D eigenvalue weighted by Gasteiger charge is -2.24. The summed E-state index contributed by atoms with van der Waals surface area (Å²) in [5.74, 6) is -0.151. The van der Waals surface area contributed by atoms with Gasteiger partial charge in [-0.2, -0.15) is 0 Å². The largest absolute Gasteiger partial charge is 0.382 e. The van der Waals surface area contributed by atoms with Crippen LogP contribution in [0, 0.1) is 10.1 Å². The molecule has 102 valence electrons. The van der Waals surface area contributed by atoms with Crippen molar-refractivity contribution in [2.45, 2.75) is 45.1 Å². The molecule has 1 aliphatic rings. The number of benzene rings is 1. The lowest BCUT2D eigenvalue weighted by Crippen LogP contribution is -2.23. The van der Waals surface area contributed by atoms with E-state index < -0.39 is 4.92 Å². The highest BCUT2D eigenvalue weighted by Crippen LogP contribution is 2.26. The maximum absolute atomic E-state index is 11.6. The van der Waals surface area contributed by atoms with Crippen molar-refractivity contribution in [1.29, 1.82) is 0 Å². The van der Waals surface area contributed by atoms with Gasteiger partial charge in [0, 0.05) is 29.4 Å². The fourth-order valence-corrected chi connectivity index (χ4v) is 2.53. The van der Waals surface area contributed by atoms with Crippen molar-refractivity contribution in [2.24, 2.45) is 0 Å². The number of hydrogen-bond acceptors (Lipinski definition) is 4. The minimum atomic E-state index is -0.475. The Bertz CT molecular complexity index is 493. The number of nitrogens with one attached hydrogen (secondary N) is 1. The van der Waals surface area contributed by atoms with Crippen LogP contribution >= 0.6 is 0 Å². The van der Waals surface area contributed by atoms with Gasteiger partial charge in [0.25, 0.3) is 5.69 Å². The Morgan fingerprint density at radius 2 is 2.00 bits per heavy atom. The number of nitro benzene ring substituents is 1. The molecule has 1 fully saturated rings. The Labute approximate surface area is 112 Å². The minimum Gasteiger partial charge on any atom is -0.382 e. The predicted octanol–water partition coefficient (Wildman–Crippen LogP) is 3.54. The highest BCUT2D eigenvalue weighted by Gasteiger charge is 2.18. The molecule has 1 aromatic rings. The monoisotopic (exact) mass is 262 g/mol. The summed E-state index contributed by atoms with van der Waals surface area (Å²) < 4.78 is 0. The van der Waals surface area contributed by atoms with Crippen molar-refractivity contribution in [3.63, 3.8) is 0 Å². The van der Waals surface area contributed by atoms with E-state index in [9.17, 15) is 14.9 Å². The van der Waals surface area contributed by atoms with E-state index in [1.165, 1.54) is 38.3 Å². The van der Waals surface area contributed by atoms with Crippen LogP contribution in [0.25, 0.3) is 0 Å². The number of nitrogens with zero attached hydrogens (tertiary/aromatic N) is 1. The van der Waals surface area contributed by atoms with Crippen LogP contribution in [-0.2, 0) is 0 Å². The van der Waals surface area contributed by atoms with Gasteiger partial charge in [-0.3, -0.25) is 14.9 Å². The van der Waals surface area contributed by atoms with Gasteiger partial charge in [-0.1, -0.05) is 19.3 Å². The molecule has 0 bridgehead atoms. The van der Waals surface area contributed by atoms with Gasteiger partial charge in [-0.25, -0.2) is 0 Å². The van der Waals surface area contributed by atoms with Crippen molar-refractivity contribution < 1.29 is 9.72 Å². The molecule has 19 heavy (non-hydrogen) atoms. The van der Waals surface area contributed by atoms with E-state index in [0.717, 1.165) is 12.8 Å². The summed E-state index contributed by atoms with van der Waals surface area (Å²) in [6.07, 6.45) is 5.83. The third-order valence-electron chi connectivity index (χ3n) is 3.56. The first-order valence-corrected chi connectivity index (χ1v) is 6.64. The van der Waals surface area contributed by atoms with Crippen LogP contribution in [0.1, 0.15) is 49.4 Å². The second-order valence-corrected chi connectivity index (χ2v) is 5.02. The zero-order chi connectivity index (χ0) is 13.8. The summed E-state index contributed by atoms with van der Waals surface area (Å²) in [5.41, 5.74) is 1.07. The molecule has 1 saturated carbocycles. The molecule has 1 aromatic carbocycles. The van der Waals surface area contributed by atoms with Crippen LogP contribution in [0.3, 0.4) is 0 Å². The first-order chi connectivity index (χ1) is 9.08. The van der Waals surface area contributed by atoms with E-state index in [1.54, 1.807) is 6.07 Å². The van der Waals surface area contributed by atoms with Crippen molar-refractivity contribution in [3.05, 3.63) is 33.9 Å². The Morgan fingerprint density at radius 3 is 2.58 bits per heavy atom. The zero-order valence-corrected chi connectivity index (χ0v) is 11.0. The van der Waals surface area contributed by atoms with Gasteiger partial charge in [0.05, 0.1) is 4.92 Å². The van der Waals surface area contributed by atoms with Gasteiger partial charge in [-0.05, 0) is 25.8 Å². The molecule has 0 saturated heterocycles. The second-order valence-electron chi connectivity index (χ2n) is 5.02. The number of carbonyl (C=O) groups excluding carboxylic acids is 1. The van der Waals surface area contributed by atoms with E-state index in [1.807, 2.05) is 0 Å². The van der Waals surface area contributed by atoms with Gasteiger partial charge < -0.3 is 5.32 Å². The van der Waals surface area contributed by atoms with E-state index in [2.05, 4.69) is 5.32 Å². The number of carbonyl (C=O) groups is 1. The minimum absolute atomic E-state index is 0.0422. The van der Waals surface area contributed by atoms with E-state index in [0.29, 0.717) is 17.3 Å². The Balaban J connectivity index is 2.23. The third kappa shape index (κ3) is 3.30. The number of non-ortho nitro benzene ring substituents is 1. The molecule has 0 amide bonds. The first-order valence-electron chi connectivity index (χ1n) is 6.64. The lowest BCUT2D eigenvalue weighted by atomic mass is 9.95. The van der Waals surface area contributed by atoms with E-state index in [-0.39, 0.29) is 11.5 Å². The van der Waals surface area contributed by atoms with Gasteiger partial charge >= 0.3 is 0 Å². The fraction of sp³-hybridized carbons (Fsp3) is 0.500. The molecule has 1 N–H and O–H groups in total. The van der Waals surface area contributed by atoms with Crippen LogP contribution in [0.15, 0.2) is 18.2 Å². The van der Waals surface area contributed by atoms with Crippen LogP contribution in [0.2, 0.25) is 0 Å². The van der Waals surface area contributed by atoms with Gasteiger partial charge in [-0.15, -0.1) is 0 Å². The van der Waals surface area contributed by atoms with Gasteiger partial charge in [0.1, 0.15) is 0 Å². The molecule has 2 rings (SSSR count). The van der Waals surface area contributed by atoms with Crippen molar-refractivity contribution in [2.75, 3.05) is 5.32 Å². The zero-order valence-electron chi connectivity index (χ0n) is 11.0. The molecule has 0 radical (unpaired) electrons. The summed E-state index contributed by atoms with van der Waals surface area (Å²) in [7, 11) is 0. The summed E-state index contributed by atoms with van der Waals surface area (Å²) in [6.45, 7) is 1.44. The molecule has 0 atom stereocenters. The van der Waals surface area contributed by atoms with E-state index >= 15 is 0 Å². The first kappa shape index (κ1) is 13.5. The maximum Gasteiger partial charge on any atom is 0.270 e. The second kappa shape index (κ2) is 5.82. The number of Topliss-reactive ketones (excluding diaryl/α,β-unsaturated/α-hetero) is 1. The third-order valence-corrected chi connectivity index (χ3v) is 3.56. The number of anilines is 1. The molecule has 0 heterocycles. The number of rotatable bonds is 4. The van der Waals surface area contributed by atoms with Crippen LogP contribution < -0.4 is 5.32 Å². The Kier molecular flexibility index (Phi) is 4.14. The van der Waals surface area contributed by atoms with Crippen molar-refractivity contribution in [1.82, 2.24) is 0 Å². The average molecular weight is 262 g/mol. The number of nitro groups is 1. The smallest absolute Gasteiger partial charge is 0.270 e. The van der Waals surface area contributed by atoms with Crippen LogP contribution in [-0.4, -0.2) is 16.7 Å². The summed E-state index contributed by atoms with van der Waals surface area (Å²) in [6, 6.07) is 4.81. The quantitative estimate of drug-likeness (QED) is 0.511. The predicted molar refractivity (Wildman–Crippen MR) is 73.6 cm³/mol. The van der Waals surface area contributed by atoms with Crippen molar-refractivity contribution >= 4 is 17.2 Å². The van der Waals surface area contributed by atoms with Crippen molar-refractivity contribution in [3.8, 4) is 0 Å². The Morgan fingerprint density at radius 1 is 1.32 bits per heavy atom. The SMILES string of the molecule is CC(=O)c1cc([N+](=O)[O-])ccc1NC1CCCCC1. The van der Waals surface area contributed by atoms with Crippen LogP contribution in [0.4, 0.5) is 11.4 Å². The summed E-state index contributed by atoms with van der Waals surface area (Å²) in [4.78, 5) is 21.9. The van der Waals surface area contributed by atoms with Crippen LogP contribution in [0.5, 0.6) is 0 Å². The standard InChI is InChI=1S/C14H18N2O3/c1-10(17)13-9-12(16(18)19)7-8-14(13)15-11-5-3-2-4-6-11/h7-9,11,15H,2-6H2,1H3. The molecule has 1 aliphatic carbocycles. The summed E-state index contributed by atoms with van der Waals surface area (Å²) >= 11 is 0. The highest BCUT2D eigenvalue weighted by molar-refractivity contribution is 6.00. The maximum atomic E-state index is 11.6. The van der Waals surface area contributed by atoms with Gasteiger partial charge in [0.15, 0.2) is 5.78 Å². The molecule has 5 nitrogen and oxygen atoms in total. The molecule has 0 spiro atoms. The number of ketones is 1. The Hall–Kier alpha value is -1.91. The molecule has 0 aromatic heterocycles. The molecule has 5 heteroatoms. The van der Waals surface area contributed by atoms with E-state index in [4.69, 9.17) is 0 Å². The average Bonchev–Trinajstić information content (AvgIpc) is 2.39. The molecular weight excluding hydrogens is 244 g/mol. The molecular formula is C14H18N2O3. The topological polar surface area (TPSA) is 72.2 Å². The van der Waals surface area contributed by atoms with Gasteiger partial charge in [0.2, 0.25) is 0 Å². The fourth-order valence-electron chi connectivity index (χ4n) is 2.53. The molecule has 0 aliphatic heterocycles. The highest BCUT2D eigenvalue weighted by atomic mass is 16.6.